The molecule has 0 radical (unpaired) electrons. The van der Waals surface area contributed by atoms with Crippen molar-refractivity contribution in [1.29, 1.82) is 0 Å². The molecule has 5 aromatic rings. The zero-order valence-corrected chi connectivity index (χ0v) is 17.1. The van der Waals surface area contributed by atoms with Crippen molar-refractivity contribution < 1.29 is 14.2 Å². The molecule has 0 aliphatic heterocycles. The number of nitrogens with one attached hydrogen (secondary N) is 2. The molecule has 156 valence electrons. The summed E-state index contributed by atoms with van der Waals surface area (Å²) in [6.07, 6.45) is 5.18. The van der Waals surface area contributed by atoms with Gasteiger partial charge in [-0.2, -0.15) is 10.1 Å². The second-order valence-electron chi connectivity index (χ2n) is 6.70. The van der Waals surface area contributed by atoms with E-state index in [0.29, 0.717) is 40.0 Å². The van der Waals surface area contributed by atoms with Crippen LogP contribution in [0, 0.1) is 0 Å². The number of hydrogen-bond acceptors (Lipinski definition) is 8. The number of aromatic amines is 1. The number of fused-ring (bicyclic) bond motifs is 2. The second kappa shape index (κ2) is 7.48. The maximum absolute atomic E-state index is 5.41. The molecule has 0 bridgehead atoms. The normalized spacial score (nSPS) is 11.1. The van der Waals surface area contributed by atoms with Gasteiger partial charge in [0.15, 0.2) is 17.1 Å². The Balaban J connectivity index is 1.54. The van der Waals surface area contributed by atoms with Crippen molar-refractivity contribution in [2.24, 2.45) is 0 Å². The van der Waals surface area contributed by atoms with Crippen molar-refractivity contribution in [2.75, 3.05) is 26.6 Å². The predicted molar refractivity (Wildman–Crippen MR) is 116 cm³/mol. The molecule has 0 fully saturated rings. The van der Waals surface area contributed by atoms with E-state index in [0.717, 1.165) is 16.6 Å². The number of methoxy groups -OCH3 is 3. The van der Waals surface area contributed by atoms with Crippen LogP contribution >= 0.6 is 0 Å². The highest BCUT2D eigenvalue weighted by atomic mass is 16.5. The SMILES string of the molecule is COc1cc(Nc2ncc3ncn(-c4ccc5cn[nH]c5c4)c3n2)cc(OC)c1OC. The van der Waals surface area contributed by atoms with Crippen molar-refractivity contribution in [1.82, 2.24) is 29.7 Å². The highest BCUT2D eigenvalue weighted by molar-refractivity contribution is 5.81. The van der Waals surface area contributed by atoms with E-state index < -0.39 is 0 Å². The third kappa shape index (κ3) is 3.23. The molecule has 10 nitrogen and oxygen atoms in total. The van der Waals surface area contributed by atoms with Crippen LogP contribution in [0.5, 0.6) is 17.2 Å². The van der Waals surface area contributed by atoms with Crippen molar-refractivity contribution in [3.05, 3.63) is 49.1 Å². The van der Waals surface area contributed by atoms with E-state index in [2.05, 4.69) is 30.5 Å². The molecule has 0 saturated heterocycles. The molecule has 0 spiro atoms. The van der Waals surface area contributed by atoms with Gasteiger partial charge < -0.3 is 19.5 Å². The molecule has 0 aliphatic carbocycles. The first-order valence-electron chi connectivity index (χ1n) is 9.41. The third-order valence-electron chi connectivity index (χ3n) is 4.92. The fourth-order valence-electron chi connectivity index (χ4n) is 3.42. The summed E-state index contributed by atoms with van der Waals surface area (Å²) in [6.45, 7) is 0. The summed E-state index contributed by atoms with van der Waals surface area (Å²) in [6, 6.07) is 9.57. The Labute approximate surface area is 176 Å². The quantitative estimate of drug-likeness (QED) is 0.432. The highest BCUT2D eigenvalue weighted by Crippen LogP contribution is 2.40. The molecule has 2 N–H and O–H groups in total. The summed E-state index contributed by atoms with van der Waals surface area (Å²) < 4.78 is 18.1. The fraction of sp³-hybridized carbons (Fsp3) is 0.143. The summed E-state index contributed by atoms with van der Waals surface area (Å²) in [5.74, 6) is 1.98. The lowest BCUT2D eigenvalue weighted by Gasteiger charge is -2.14. The average Bonchev–Trinajstić information content (AvgIpc) is 3.44. The first-order valence-corrected chi connectivity index (χ1v) is 9.41. The van der Waals surface area contributed by atoms with Gasteiger partial charge in [-0.15, -0.1) is 0 Å². The van der Waals surface area contributed by atoms with Gasteiger partial charge in [-0.25, -0.2) is 9.97 Å². The Hall–Kier alpha value is -4.34. The molecular formula is C21H19N7O3. The molecule has 5 rings (SSSR count). The van der Waals surface area contributed by atoms with Gasteiger partial charge in [0.25, 0.3) is 0 Å². The summed E-state index contributed by atoms with van der Waals surface area (Å²) in [4.78, 5) is 13.5. The third-order valence-corrected chi connectivity index (χ3v) is 4.92. The highest BCUT2D eigenvalue weighted by Gasteiger charge is 2.15. The van der Waals surface area contributed by atoms with Crippen LogP contribution in [0.15, 0.2) is 49.1 Å². The molecule has 0 unspecified atom stereocenters. The summed E-state index contributed by atoms with van der Waals surface area (Å²) in [5, 5.41) is 11.3. The summed E-state index contributed by atoms with van der Waals surface area (Å²) >= 11 is 0. The minimum atomic E-state index is 0.408. The lowest BCUT2D eigenvalue weighted by atomic mass is 10.2. The monoisotopic (exact) mass is 417 g/mol. The first-order chi connectivity index (χ1) is 15.2. The Kier molecular flexibility index (Phi) is 4.51. The largest absolute Gasteiger partial charge is 0.493 e. The zero-order chi connectivity index (χ0) is 21.4. The Morgan fingerprint density at radius 2 is 1.74 bits per heavy atom. The maximum Gasteiger partial charge on any atom is 0.229 e. The molecule has 3 aromatic heterocycles. The number of rotatable bonds is 6. The van der Waals surface area contributed by atoms with Gasteiger partial charge in [0.2, 0.25) is 11.7 Å². The molecule has 0 saturated carbocycles. The van der Waals surface area contributed by atoms with Crippen molar-refractivity contribution in [3.8, 4) is 22.9 Å². The lowest BCUT2D eigenvalue weighted by molar-refractivity contribution is 0.324. The Bertz CT molecular complexity index is 1370. The number of anilines is 2. The summed E-state index contributed by atoms with van der Waals surface area (Å²) in [7, 11) is 4.70. The molecular weight excluding hydrogens is 398 g/mol. The number of ether oxygens (including phenoxy) is 3. The van der Waals surface area contributed by atoms with E-state index in [1.807, 2.05) is 22.8 Å². The number of benzene rings is 2. The molecule has 3 heterocycles. The van der Waals surface area contributed by atoms with E-state index in [9.17, 15) is 0 Å². The van der Waals surface area contributed by atoms with Gasteiger partial charge in [-0.05, 0) is 18.2 Å². The van der Waals surface area contributed by atoms with E-state index in [1.165, 1.54) is 0 Å². The molecule has 0 amide bonds. The number of nitrogens with zero attached hydrogens (tertiary/aromatic N) is 5. The van der Waals surface area contributed by atoms with Gasteiger partial charge in [-0.1, -0.05) is 0 Å². The zero-order valence-electron chi connectivity index (χ0n) is 17.1. The molecule has 0 atom stereocenters. The Morgan fingerprint density at radius 3 is 2.48 bits per heavy atom. The van der Waals surface area contributed by atoms with Crippen molar-refractivity contribution in [2.45, 2.75) is 0 Å². The van der Waals surface area contributed by atoms with Crippen LogP contribution in [0.1, 0.15) is 0 Å². The van der Waals surface area contributed by atoms with Gasteiger partial charge in [0.1, 0.15) is 11.8 Å². The van der Waals surface area contributed by atoms with Crippen LogP contribution in [0.25, 0.3) is 27.8 Å². The number of H-pyrrole nitrogens is 1. The van der Waals surface area contributed by atoms with E-state index >= 15 is 0 Å². The minimum absolute atomic E-state index is 0.408. The van der Waals surface area contributed by atoms with E-state index in [-0.39, 0.29) is 0 Å². The number of imidazole rings is 1. The van der Waals surface area contributed by atoms with E-state index in [4.69, 9.17) is 14.2 Å². The average molecular weight is 417 g/mol. The van der Waals surface area contributed by atoms with Crippen LogP contribution in [-0.4, -0.2) is 51.0 Å². The second-order valence-corrected chi connectivity index (χ2v) is 6.70. The molecule has 31 heavy (non-hydrogen) atoms. The Morgan fingerprint density at radius 1 is 0.935 bits per heavy atom. The topological polar surface area (TPSA) is 112 Å². The smallest absolute Gasteiger partial charge is 0.229 e. The molecule has 10 heteroatoms. The summed E-state index contributed by atoms with van der Waals surface area (Å²) in [5.41, 5.74) is 3.89. The standard InChI is InChI=1S/C21H19N7O3/c1-29-17-6-13(7-18(30-2)19(17)31-3)25-21-22-10-16-20(26-21)28(11-23-16)14-5-4-12-9-24-27-15(12)8-14/h4-11H,1-3H3,(H,24,27)(H,22,25,26). The maximum atomic E-state index is 5.41. The first kappa shape index (κ1) is 18.7. The van der Waals surface area contributed by atoms with Crippen LogP contribution in [0.3, 0.4) is 0 Å². The molecule has 0 aliphatic rings. The van der Waals surface area contributed by atoms with Gasteiger partial charge >= 0.3 is 0 Å². The lowest BCUT2D eigenvalue weighted by Crippen LogP contribution is -2.01. The molecule has 2 aromatic carbocycles. The van der Waals surface area contributed by atoms with Crippen molar-refractivity contribution >= 4 is 33.7 Å². The van der Waals surface area contributed by atoms with Gasteiger partial charge in [0.05, 0.1) is 44.9 Å². The van der Waals surface area contributed by atoms with Crippen LogP contribution in [0.4, 0.5) is 11.6 Å². The fourth-order valence-corrected chi connectivity index (χ4v) is 3.42. The predicted octanol–water partition coefficient (Wildman–Crippen LogP) is 3.46. The minimum Gasteiger partial charge on any atom is -0.493 e. The van der Waals surface area contributed by atoms with Gasteiger partial charge in [0, 0.05) is 23.2 Å². The van der Waals surface area contributed by atoms with Crippen LogP contribution < -0.4 is 19.5 Å². The van der Waals surface area contributed by atoms with E-state index in [1.54, 1.807) is 52.2 Å². The van der Waals surface area contributed by atoms with Crippen LogP contribution in [-0.2, 0) is 0 Å². The van der Waals surface area contributed by atoms with Crippen molar-refractivity contribution in [3.63, 3.8) is 0 Å². The van der Waals surface area contributed by atoms with Crippen LogP contribution in [0.2, 0.25) is 0 Å². The number of hydrogen-bond donors (Lipinski definition) is 2. The van der Waals surface area contributed by atoms with Gasteiger partial charge in [-0.3, -0.25) is 9.67 Å². The number of aromatic nitrogens is 6.